The highest BCUT2D eigenvalue weighted by molar-refractivity contribution is 7.47. The second-order valence-electron chi connectivity index (χ2n) is 15.8. The Bertz CT molecular complexity index is 1340. The average Bonchev–Trinajstić information content (AvgIpc) is 3.18. The summed E-state index contributed by atoms with van der Waals surface area (Å²) in [6, 6.07) is 0. The molecule has 1 N–H and O–H groups in total. The molecule has 0 rings (SSSR count). The number of nitrogens with zero attached hydrogens (tertiary/aromatic N) is 1. The number of likely N-dealkylation sites (N-methyl/N-ethyl adjacent to an activating group) is 1. The van der Waals surface area contributed by atoms with E-state index in [1.807, 2.05) is 33.3 Å². The van der Waals surface area contributed by atoms with Gasteiger partial charge in [0.15, 0.2) is 11.9 Å². The van der Waals surface area contributed by atoms with Crippen molar-refractivity contribution in [3.05, 3.63) is 85.1 Å². The number of phosphoric ester groups is 1. The third kappa shape index (κ3) is 42.8. The number of quaternary nitrogens is 1. The Hall–Kier alpha value is -3.14. The third-order valence-electron chi connectivity index (χ3n) is 8.87. The van der Waals surface area contributed by atoms with E-state index < -0.39 is 32.5 Å². The largest absolute Gasteiger partial charge is 0.472 e. The van der Waals surface area contributed by atoms with Gasteiger partial charge >= 0.3 is 19.8 Å². The first kappa shape index (κ1) is 55.9. The van der Waals surface area contributed by atoms with Crippen LogP contribution in [0, 0.1) is 0 Å². The number of unbranched alkanes of at least 4 members (excludes halogenated alkanes) is 10. The lowest BCUT2D eigenvalue weighted by molar-refractivity contribution is -0.870. The van der Waals surface area contributed by atoms with Crippen molar-refractivity contribution >= 4 is 25.5 Å². The molecule has 0 aliphatic carbocycles. The van der Waals surface area contributed by atoms with Crippen molar-refractivity contribution < 1.29 is 46.8 Å². The van der Waals surface area contributed by atoms with Gasteiger partial charge in [-0.1, -0.05) is 131 Å². The molecule has 59 heavy (non-hydrogen) atoms. The second kappa shape index (κ2) is 39.0. The zero-order valence-electron chi connectivity index (χ0n) is 37.4. The molecule has 0 aromatic carbocycles. The van der Waals surface area contributed by atoms with E-state index in [4.69, 9.17) is 18.5 Å². The molecule has 10 nitrogen and oxygen atoms in total. The molecule has 0 fully saturated rings. The van der Waals surface area contributed by atoms with Crippen LogP contribution in [0.1, 0.15) is 149 Å². The highest BCUT2D eigenvalue weighted by Gasteiger charge is 2.27. The lowest BCUT2D eigenvalue weighted by Gasteiger charge is -2.24. The Kier molecular flexibility index (Phi) is 36.9. The van der Waals surface area contributed by atoms with Gasteiger partial charge in [0.1, 0.15) is 19.8 Å². The number of hydrogen-bond donors (Lipinski definition) is 1. The Morgan fingerprint density at radius 1 is 0.576 bits per heavy atom. The lowest BCUT2D eigenvalue weighted by atomic mass is 10.1. The van der Waals surface area contributed by atoms with E-state index in [1.54, 1.807) is 6.08 Å². The van der Waals surface area contributed by atoms with E-state index in [0.29, 0.717) is 17.4 Å². The summed E-state index contributed by atoms with van der Waals surface area (Å²) >= 11 is 0. The molecule has 0 saturated heterocycles. The van der Waals surface area contributed by atoms with Gasteiger partial charge in [-0.05, 0) is 83.1 Å². The van der Waals surface area contributed by atoms with Gasteiger partial charge in [-0.2, -0.15) is 0 Å². The van der Waals surface area contributed by atoms with Crippen molar-refractivity contribution in [2.45, 2.75) is 155 Å². The topological polar surface area (TPSA) is 125 Å². The molecular formula is C48H81NO9P+. The second-order valence-corrected chi connectivity index (χ2v) is 17.2. The summed E-state index contributed by atoms with van der Waals surface area (Å²) in [5.74, 6) is -1.19. The summed E-state index contributed by atoms with van der Waals surface area (Å²) in [6.07, 6.45) is 46.3. The fraction of sp³-hybridized carbons (Fsp3) is 0.646. The number of carbonyl (C=O) groups excluding carboxylic acids is 3. The van der Waals surface area contributed by atoms with Crippen molar-refractivity contribution in [2.75, 3.05) is 47.5 Å². The van der Waals surface area contributed by atoms with Gasteiger partial charge in [0, 0.05) is 19.3 Å². The van der Waals surface area contributed by atoms with Crippen molar-refractivity contribution in [1.82, 2.24) is 0 Å². The first-order chi connectivity index (χ1) is 28.4. The Morgan fingerprint density at radius 3 is 1.64 bits per heavy atom. The number of rotatable bonds is 39. The highest BCUT2D eigenvalue weighted by atomic mass is 31.2. The summed E-state index contributed by atoms with van der Waals surface area (Å²) in [4.78, 5) is 47.6. The van der Waals surface area contributed by atoms with Crippen LogP contribution in [0.2, 0.25) is 0 Å². The summed E-state index contributed by atoms with van der Waals surface area (Å²) in [5.41, 5.74) is 0. The number of ether oxygens (including phenoxy) is 2. The molecule has 0 amide bonds. The van der Waals surface area contributed by atoms with Gasteiger partial charge in [-0.3, -0.25) is 23.4 Å². The zero-order chi connectivity index (χ0) is 43.7. The molecule has 0 aromatic heterocycles. The minimum atomic E-state index is -4.44. The molecule has 1 unspecified atom stereocenters. The maximum Gasteiger partial charge on any atom is 0.472 e. The number of carbonyl (C=O) groups is 3. The van der Waals surface area contributed by atoms with Crippen LogP contribution in [0.4, 0.5) is 0 Å². The van der Waals surface area contributed by atoms with Crippen LogP contribution in [-0.2, 0) is 37.5 Å². The van der Waals surface area contributed by atoms with Crippen molar-refractivity contribution in [3.63, 3.8) is 0 Å². The first-order valence-corrected chi connectivity index (χ1v) is 23.8. The monoisotopic (exact) mass is 847 g/mol. The molecule has 11 heteroatoms. The quantitative estimate of drug-likeness (QED) is 0.0122. The van der Waals surface area contributed by atoms with Crippen LogP contribution in [0.25, 0.3) is 0 Å². The molecule has 0 aliphatic rings. The standard InChI is InChI=1S/C48H80NO9P/c1-6-8-10-12-14-16-18-20-21-22-23-25-27-29-31-33-35-39-48(52)58-46(44-57-59(53,54)56-42-41-49(3,4)5)43-55-47(51)40-36-38-45(50)37-34-32-30-28-26-24-19-17-15-13-11-9-7-2/h14-17,20-21,23-26,30,32,34,37,46H,6-13,18-19,22,27-29,31,33,35-36,38-44H2,1-5H3/p+1/b16-14-,17-15-,21-20-,25-23-,26-24-,32-30-,37-34+/t46-/m1/s1. The zero-order valence-corrected chi connectivity index (χ0v) is 38.3. The SMILES string of the molecule is CCCCC/C=C\C/C=C\C/C=C\C=C\C(=O)CCCC(=O)OC[C@H](COP(=O)(O)OCC[N+](C)(C)C)OC(=O)CCCCCC/C=C\C/C=C\C/C=C\CCCCC. The first-order valence-electron chi connectivity index (χ1n) is 22.3. The van der Waals surface area contributed by atoms with Gasteiger partial charge in [0.05, 0.1) is 27.7 Å². The predicted molar refractivity (Wildman–Crippen MR) is 243 cm³/mol. The maximum absolute atomic E-state index is 12.7. The summed E-state index contributed by atoms with van der Waals surface area (Å²) in [5, 5.41) is 0. The molecule has 0 spiro atoms. The van der Waals surface area contributed by atoms with E-state index in [0.717, 1.165) is 57.8 Å². The summed E-state index contributed by atoms with van der Waals surface area (Å²) < 4.78 is 34.0. The Labute approximate surface area is 358 Å². The van der Waals surface area contributed by atoms with Crippen LogP contribution in [0.3, 0.4) is 0 Å². The van der Waals surface area contributed by atoms with Gasteiger partial charge in [-0.25, -0.2) is 4.57 Å². The number of esters is 2. The van der Waals surface area contributed by atoms with Crippen LogP contribution in [0.15, 0.2) is 85.1 Å². The van der Waals surface area contributed by atoms with Gasteiger partial charge in [-0.15, -0.1) is 0 Å². The third-order valence-corrected chi connectivity index (χ3v) is 9.86. The fourth-order valence-corrected chi connectivity index (χ4v) is 6.07. The minimum Gasteiger partial charge on any atom is -0.462 e. The normalized spacial score (nSPS) is 14.3. The van der Waals surface area contributed by atoms with Crippen molar-refractivity contribution in [1.29, 1.82) is 0 Å². The summed E-state index contributed by atoms with van der Waals surface area (Å²) in [6.45, 7) is 4.03. The predicted octanol–water partition coefficient (Wildman–Crippen LogP) is 12.0. The van der Waals surface area contributed by atoms with Gasteiger partial charge in [0.25, 0.3) is 0 Å². The molecular weight excluding hydrogens is 765 g/mol. The number of ketones is 1. The number of allylic oxidation sites excluding steroid dienone is 14. The van der Waals surface area contributed by atoms with Gasteiger partial charge in [0.2, 0.25) is 0 Å². The smallest absolute Gasteiger partial charge is 0.462 e. The molecule has 0 bridgehead atoms. The molecule has 2 atom stereocenters. The average molecular weight is 847 g/mol. The van der Waals surface area contributed by atoms with E-state index in [9.17, 15) is 23.8 Å². The Balaban J connectivity index is 4.61. The van der Waals surface area contributed by atoms with Crippen LogP contribution in [0.5, 0.6) is 0 Å². The molecule has 0 saturated carbocycles. The fourth-order valence-electron chi connectivity index (χ4n) is 5.32. The highest BCUT2D eigenvalue weighted by Crippen LogP contribution is 2.43. The van der Waals surface area contributed by atoms with E-state index >= 15 is 0 Å². The number of hydrogen-bond acceptors (Lipinski definition) is 8. The molecule has 0 aromatic rings. The lowest BCUT2D eigenvalue weighted by Crippen LogP contribution is -2.37. The van der Waals surface area contributed by atoms with Crippen LogP contribution in [-0.4, -0.2) is 80.7 Å². The van der Waals surface area contributed by atoms with E-state index in [2.05, 4.69) is 74.6 Å². The van der Waals surface area contributed by atoms with Crippen molar-refractivity contribution in [2.24, 2.45) is 0 Å². The van der Waals surface area contributed by atoms with Gasteiger partial charge < -0.3 is 18.9 Å². The molecule has 0 aliphatic heterocycles. The summed E-state index contributed by atoms with van der Waals surface area (Å²) in [7, 11) is 1.32. The number of phosphoric acid groups is 1. The van der Waals surface area contributed by atoms with Crippen molar-refractivity contribution in [3.8, 4) is 0 Å². The molecule has 336 valence electrons. The molecule has 0 heterocycles. The van der Waals surface area contributed by atoms with E-state index in [-0.39, 0.29) is 44.7 Å². The molecule has 0 radical (unpaired) electrons. The Morgan fingerprint density at radius 2 is 1.08 bits per heavy atom. The minimum absolute atomic E-state index is 0.00974. The van der Waals surface area contributed by atoms with Crippen LogP contribution < -0.4 is 0 Å². The van der Waals surface area contributed by atoms with E-state index in [1.165, 1.54) is 51.0 Å². The maximum atomic E-state index is 12.7. The van der Waals surface area contributed by atoms with Crippen LogP contribution >= 0.6 is 7.82 Å².